The van der Waals surface area contributed by atoms with E-state index in [1.165, 1.54) is 49.4 Å². The van der Waals surface area contributed by atoms with Crippen LogP contribution in [0.15, 0.2) is 140 Å². The first-order valence-electron chi connectivity index (χ1n) is 12.3. The average molecular weight is 461 g/mol. The number of anilines is 2. The van der Waals surface area contributed by atoms with Crippen molar-refractivity contribution in [1.29, 1.82) is 0 Å². The number of para-hydroxylation sites is 2. The quantitative estimate of drug-likeness (QED) is 0.277. The van der Waals surface area contributed by atoms with Gasteiger partial charge in [-0.05, 0) is 59.0 Å². The second-order valence-electron chi connectivity index (χ2n) is 9.15. The largest absolute Gasteiger partial charge is 0.355 e. The van der Waals surface area contributed by atoms with Gasteiger partial charge in [-0.1, -0.05) is 97.1 Å². The summed E-state index contributed by atoms with van der Waals surface area (Å²) in [7, 11) is 0. The van der Waals surface area contributed by atoms with Gasteiger partial charge in [-0.2, -0.15) is 0 Å². The molecule has 2 nitrogen and oxygen atoms in total. The van der Waals surface area contributed by atoms with E-state index >= 15 is 0 Å². The van der Waals surface area contributed by atoms with Crippen LogP contribution >= 0.6 is 0 Å². The van der Waals surface area contributed by atoms with Gasteiger partial charge in [0.2, 0.25) is 0 Å². The Hall–Kier alpha value is -4.82. The van der Waals surface area contributed by atoms with Crippen molar-refractivity contribution in [1.82, 2.24) is 4.57 Å². The van der Waals surface area contributed by atoms with Crippen LogP contribution in [0.4, 0.5) is 11.4 Å². The molecule has 0 atom stereocenters. The summed E-state index contributed by atoms with van der Waals surface area (Å²) < 4.78 is 2.37. The first kappa shape index (κ1) is 20.5. The van der Waals surface area contributed by atoms with Gasteiger partial charge in [0, 0.05) is 33.2 Å². The zero-order valence-electron chi connectivity index (χ0n) is 19.7. The maximum atomic E-state index is 3.60. The molecule has 0 spiro atoms. The van der Waals surface area contributed by atoms with Gasteiger partial charge < -0.3 is 9.88 Å². The van der Waals surface area contributed by atoms with Crippen molar-refractivity contribution in [2.75, 3.05) is 5.32 Å². The molecule has 0 bridgehead atoms. The van der Waals surface area contributed by atoms with E-state index in [9.17, 15) is 0 Å². The van der Waals surface area contributed by atoms with Crippen molar-refractivity contribution in [2.45, 2.75) is 0 Å². The first-order chi connectivity index (χ1) is 17.8. The highest BCUT2D eigenvalue weighted by molar-refractivity contribution is 6.09. The highest BCUT2D eigenvalue weighted by Crippen LogP contribution is 2.33. The first-order valence-corrected chi connectivity index (χ1v) is 12.3. The lowest BCUT2D eigenvalue weighted by Crippen LogP contribution is -1.94. The predicted molar refractivity (Wildman–Crippen MR) is 153 cm³/mol. The van der Waals surface area contributed by atoms with Gasteiger partial charge in [-0.3, -0.25) is 0 Å². The Balaban J connectivity index is 1.25. The minimum absolute atomic E-state index is 1.08. The Morgan fingerprint density at radius 3 is 1.81 bits per heavy atom. The summed E-state index contributed by atoms with van der Waals surface area (Å²) in [6.07, 6.45) is 0. The number of fused-ring (bicyclic) bond motifs is 4. The van der Waals surface area contributed by atoms with Gasteiger partial charge in [0.15, 0.2) is 0 Å². The Kier molecular flexibility index (Phi) is 4.82. The van der Waals surface area contributed by atoms with Crippen molar-refractivity contribution >= 4 is 44.0 Å². The molecule has 0 aliphatic carbocycles. The Morgan fingerprint density at radius 1 is 0.444 bits per heavy atom. The van der Waals surface area contributed by atoms with Gasteiger partial charge in [-0.15, -0.1) is 0 Å². The molecule has 0 aliphatic rings. The van der Waals surface area contributed by atoms with E-state index in [-0.39, 0.29) is 0 Å². The molecule has 7 aromatic rings. The summed E-state index contributed by atoms with van der Waals surface area (Å²) in [4.78, 5) is 0. The molecule has 0 amide bonds. The van der Waals surface area contributed by atoms with E-state index < -0.39 is 0 Å². The summed E-state index contributed by atoms with van der Waals surface area (Å²) in [5.74, 6) is 0. The third-order valence-electron chi connectivity index (χ3n) is 6.97. The minimum atomic E-state index is 1.08. The van der Waals surface area contributed by atoms with Crippen LogP contribution in [0.1, 0.15) is 0 Å². The summed E-state index contributed by atoms with van der Waals surface area (Å²) in [6, 6.07) is 49.6. The summed E-state index contributed by atoms with van der Waals surface area (Å²) in [5.41, 5.74) is 8.22. The van der Waals surface area contributed by atoms with Crippen LogP contribution in [0.25, 0.3) is 49.4 Å². The topological polar surface area (TPSA) is 17.0 Å². The van der Waals surface area contributed by atoms with Crippen LogP contribution in [0.5, 0.6) is 0 Å². The standard InChI is InChI=1S/C34H24N2/c1-2-13-29-25(9-1)10-8-16-32(29)35-27-21-19-24(20-22-27)26-11-7-12-28(23-26)36-33-17-5-3-14-30(33)31-15-4-6-18-34(31)36/h1-23,35H. The van der Waals surface area contributed by atoms with E-state index in [1.807, 2.05) is 0 Å². The van der Waals surface area contributed by atoms with Crippen molar-refractivity contribution in [3.8, 4) is 16.8 Å². The lowest BCUT2D eigenvalue weighted by Gasteiger charge is -2.12. The molecule has 2 heteroatoms. The number of hydrogen-bond acceptors (Lipinski definition) is 1. The number of rotatable bonds is 4. The molecule has 6 aromatic carbocycles. The number of benzene rings is 6. The minimum Gasteiger partial charge on any atom is -0.355 e. The molecule has 1 heterocycles. The molecule has 1 aromatic heterocycles. The van der Waals surface area contributed by atoms with Crippen molar-refractivity contribution in [3.63, 3.8) is 0 Å². The second-order valence-corrected chi connectivity index (χ2v) is 9.15. The number of hydrogen-bond donors (Lipinski definition) is 1. The van der Waals surface area contributed by atoms with Crippen molar-refractivity contribution in [3.05, 3.63) is 140 Å². The van der Waals surface area contributed by atoms with Crippen LogP contribution in [0.3, 0.4) is 0 Å². The van der Waals surface area contributed by atoms with E-state index in [4.69, 9.17) is 0 Å². The molecule has 0 saturated heterocycles. The van der Waals surface area contributed by atoms with E-state index in [0.717, 1.165) is 11.4 Å². The third kappa shape index (κ3) is 3.43. The molecular formula is C34H24N2. The summed E-state index contributed by atoms with van der Waals surface area (Å²) >= 11 is 0. The smallest absolute Gasteiger partial charge is 0.0541 e. The number of nitrogens with zero attached hydrogens (tertiary/aromatic N) is 1. The molecule has 0 fully saturated rings. The van der Waals surface area contributed by atoms with Gasteiger partial charge in [0.1, 0.15) is 0 Å². The molecule has 0 saturated carbocycles. The molecular weight excluding hydrogens is 436 g/mol. The lowest BCUT2D eigenvalue weighted by molar-refractivity contribution is 1.18. The van der Waals surface area contributed by atoms with Crippen LogP contribution < -0.4 is 5.32 Å². The Labute approximate surface area is 210 Å². The van der Waals surface area contributed by atoms with Gasteiger partial charge in [0.25, 0.3) is 0 Å². The third-order valence-corrected chi connectivity index (χ3v) is 6.97. The summed E-state index contributed by atoms with van der Waals surface area (Å²) in [6.45, 7) is 0. The Morgan fingerprint density at radius 2 is 1.06 bits per heavy atom. The molecule has 170 valence electrons. The van der Waals surface area contributed by atoms with Gasteiger partial charge in [0.05, 0.1) is 11.0 Å². The van der Waals surface area contributed by atoms with Gasteiger partial charge >= 0.3 is 0 Å². The Bertz CT molecular complexity index is 1800. The van der Waals surface area contributed by atoms with E-state index in [2.05, 4.69) is 149 Å². The molecule has 7 rings (SSSR count). The zero-order valence-corrected chi connectivity index (χ0v) is 19.7. The van der Waals surface area contributed by atoms with Crippen LogP contribution in [-0.2, 0) is 0 Å². The van der Waals surface area contributed by atoms with Gasteiger partial charge in [-0.25, -0.2) is 0 Å². The zero-order chi connectivity index (χ0) is 23.9. The highest BCUT2D eigenvalue weighted by Gasteiger charge is 2.12. The van der Waals surface area contributed by atoms with Crippen molar-refractivity contribution < 1.29 is 0 Å². The van der Waals surface area contributed by atoms with E-state index in [0.29, 0.717) is 0 Å². The summed E-state index contributed by atoms with van der Waals surface area (Å²) in [5, 5.41) is 8.62. The average Bonchev–Trinajstić information content (AvgIpc) is 3.28. The monoisotopic (exact) mass is 460 g/mol. The maximum Gasteiger partial charge on any atom is 0.0541 e. The molecule has 0 unspecified atom stereocenters. The molecule has 1 N–H and O–H groups in total. The van der Waals surface area contributed by atoms with Crippen LogP contribution in [0, 0.1) is 0 Å². The lowest BCUT2D eigenvalue weighted by atomic mass is 10.0. The van der Waals surface area contributed by atoms with Crippen LogP contribution in [0.2, 0.25) is 0 Å². The number of nitrogens with one attached hydrogen (secondary N) is 1. The van der Waals surface area contributed by atoms with E-state index in [1.54, 1.807) is 0 Å². The van der Waals surface area contributed by atoms with Crippen molar-refractivity contribution in [2.24, 2.45) is 0 Å². The number of aromatic nitrogens is 1. The molecule has 36 heavy (non-hydrogen) atoms. The molecule has 0 aliphatic heterocycles. The fourth-order valence-electron chi connectivity index (χ4n) is 5.26. The molecule has 0 radical (unpaired) electrons. The highest BCUT2D eigenvalue weighted by atomic mass is 15.0. The SMILES string of the molecule is c1cc(-c2ccc(Nc3cccc4ccccc34)cc2)cc(-n2c3ccccc3c3ccccc32)c1. The fourth-order valence-corrected chi connectivity index (χ4v) is 5.26. The maximum absolute atomic E-state index is 3.60. The van der Waals surface area contributed by atoms with Crippen LogP contribution in [-0.4, -0.2) is 4.57 Å². The normalized spacial score (nSPS) is 11.3. The predicted octanol–water partition coefficient (Wildman–Crippen LogP) is 9.35. The fraction of sp³-hybridized carbons (Fsp3) is 0. The second kappa shape index (κ2) is 8.44.